The summed E-state index contributed by atoms with van der Waals surface area (Å²) in [4.78, 5) is 37.9. The van der Waals surface area contributed by atoms with Crippen LogP contribution >= 0.6 is 11.8 Å². The predicted molar refractivity (Wildman–Crippen MR) is 151 cm³/mol. The highest BCUT2D eigenvalue weighted by Crippen LogP contribution is 2.36. The van der Waals surface area contributed by atoms with Crippen LogP contribution < -0.4 is 15.4 Å². The van der Waals surface area contributed by atoms with Crippen LogP contribution in [0.5, 0.6) is 0 Å². The van der Waals surface area contributed by atoms with Gasteiger partial charge in [-0.3, -0.25) is 14.2 Å². The van der Waals surface area contributed by atoms with Gasteiger partial charge >= 0.3 is 0 Å². The summed E-state index contributed by atoms with van der Waals surface area (Å²) in [5, 5.41) is 1.30. The van der Waals surface area contributed by atoms with E-state index >= 15 is 0 Å². The Kier molecular flexibility index (Phi) is 7.55. The Morgan fingerprint density at radius 3 is 2.38 bits per heavy atom. The van der Waals surface area contributed by atoms with Crippen molar-refractivity contribution in [2.24, 2.45) is 0 Å². The van der Waals surface area contributed by atoms with Crippen molar-refractivity contribution in [3.8, 4) is 5.69 Å². The summed E-state index contributed by atoms with van der Waals surface area (Å²) in [6, 6.07) is 18.1. The van der Waals surface area contributed by atoms with Gasteiger partial charge in [-0.2, -0.15) is 0 Å². The summed E-state index contributed by atoms with van der Waals surface area (Å²) in [5.74, 6) is 0.0704. The maximum absolute atomic E-state index is 13.8. The molecule has 0 radical (unpaired) electrons. The fourth-order valence-corrected chi connectivity index (χ4v) is 6.07. The zero-order chi connectivity index (χ0) is 25.9. The van der Waals surface area contributed by atoms with Gasteiger partial charge in [0.05, 0.1) is 23.5 Å². The standard InChI is InChI=1S/C29H35N5O2S/c1-31(2)21-12-14-22(15-13-21)32(3)18-17-27(35)33-19-16-26-25(20-33)28(36)34(23-8-5-4-6-9-23)29(30-26)37-24-10-7-11-24/h4-6,8-9,12-15,24H,7,10-11,16-20H2,1-3H3. The van der Waals surface area contributed by atoms with Crippen molar-refractivity contribution < 1.29 is 4.79 Å². The molecule has 2 heterocycles. The number of anilines is 2. The number of thioether (sulfide) groups is 1. The van der Waals surface area contributed by atoms with Crippen LogP contribution in [0.1, 0.15) is 36.9 Å². The quantitative estimate of drug-likeness (QED) is 0.414. The number of hydrogen-bond donors (Lipinski definition) is 0. The number of amides is 1. The summed E-state index contributed by atoms with van der Waals surface area (Å²) in [6.07, 6.45) is 4.60. The van der Waals surface area contributed by atoms with E-state index in [4.69, 9.17) is 4.98 Å². The number of fused-ring (bicyclic) bond motifs is 1. The van der Waals surface area contributed by atoms with Gasteiger partial charge in [0.2, 0.25) is 5.91 Å². The van der Waals surface area contributed by atoms with Gasteiger partial charge in [0, 0.05) is 63.7 Å². The average molecular weight is 518 g/mol. The summed E-state index contributed by atoms with van der Waals surface area (Å²) < 4.78 is 1.75. The molecule has 1 amide bonds. The molecule has 1 aromatic heterocycles. The van der Waals surface area contributed by atoms with Crippen LogP contribution in [0.2, 0.25) is 0 Å². The minimum atomic E-state index is -0.0476. The Morgan fingerprint density at radius 2 is 1.73 bits per heavy atom. The van der Waals surface area contributed by atoms with E-state index < -0.39 is 0 Å². The molecular weight excluding hydrogens is 482 g/mol. The number of benzene rings is 2. The minimum Gasteiger partial charge on any atom is -0.378 e. The molecule has 0 atom stereocenters. The summed E-state index contributed by atoms with van der Waals surface area (Å²) in [6.45, 7) is 1.54. The van der Waals surface area contributed by atoms with Crippen LogP contribution in [-0.2, 0) is 17.8 Å². The lowest BCUT2D eigenvalue weighted by Gasteiger charge is -2.31. The highest BCUT2D eigenvalue weighted by Gasteiger charge is 2.28. The van der Waals surface area contributed by atoms with Gasteiger partial charge in [0.15, 0.2) is 5.16 Å². The largest absolute Gasteiger partial charge is 0.378 e. The second-order valence-electron chi connectivity index (χ2n) is 10.1. The predicted octanol–water partition coefficient (Wildman–Crippen LogP) is 4.35. The molecule has 1 saturated carbocycles. The number of carbonyl (C=O) groups excluding carboxylic acids is 1. The van der Waals surface area contributed by atoms with Gasteiger partial charge in [0.1, 0.15) is 0 Å². The Labute approximate surface area is 223 Å². The fraction of sp³-hybridized carbons (Fsp3) is 0.414. The van der Waals surface area contributed by atoms with Crippen LogP contribution in [0.15, 0.2) is 64.5 Å². The van der Waals surface area contributed by atoms with Crippen molar-refractivity contribution >= 4 is 29.0 Å². The van der Waals surface area contributed by atoms with E-state index in [-0.39, 0.29) is 11.5 Å². The van der Waals surface area contributed by atoms with Crippen molar-refractivity contribution in [1.82, 2.24) is 14.5 Å². The Morgan fingerprint density at radius 1 is 1.03 bits per heavy atom. The van der Waals surface area contributed by atoms with Crippen LogP contribution in [0.25, 0.3) is 5.69 Å². The fourth-order valence-electron chi connectivity index (χ4n) is 4.74. The first-order chi connectivity index (χ1) is 17.9. The SMILES string of the molecule is CN(C)c1ccc(N(C)CCC(=O)N2CCc3nc(SC4CCC4)n(-c4ccccc4)c(=O)c3C2)cc1. The topological polar surface area (TPSA) is 61.7 Å². The van der Waals surface area contributed by atoms with Gasteiger partial charge < -0.3 is 14.7 Å². The number of rotatable bonds is 8. The average Bonchev–Trinajstić information content (AvgIpc) is 2.89. The molecule has 0 unspecified atom stereocenters. The van der Waals surface area contributed by atoms with Crippen LogP contribution in [-0.4, -0.2) is 59.8 Å². The maximum Gasteiger partial charge on any atom is 0.264 e. The molecule has 1 fully saturated rings. The number of nitrogens with zero attached hydrogens (tertiary/aromatic N) is 5. The van der Waals surface area contributed by atoms with Gasteiger partial charge in [0.25, 0.3) is 5.56 Å². The Balaban J connectivity index is 1.31. The van der Waals surface area contributed by atoms with Gasteiger partial charge in [-0.05, 0) is 49.2 Å². The molecule has 0 saturated heterocycles. The minimum absolute atomic E-state index is 0.0476. The molecule has 3 aromatic rings. The van der Waals surface area contributed by atoms with E-state index in [9.17, 15) is 9.59 Å². The molecule has 0 spiro atoms. The van der Waals surface area contributed by atoms with E-state index in [0.29, 0.717) is 43.3 Å². The molecule has 8 heteroatoms. The first kappa shape index (κ1) is 25.4. The second kappa shape index (κ2) is 11.0. The van der Waals surface area contributed by atoms with Crippen molar-refractivity contribution in [2.45, 2.75) is 49.1 Å². The first-order valence-corrected chi connectivity index (χ1v) is 13.9. The normalized spacial score (nSPS) is 15.2. The third kappa shape index (κ3) is 5.54. The smallest absolute Gasteiger partial charge is 0.264 e. The number of hydrogen-bond acceptors (Lipinski definition) is 6. The van der Waals surface area contributed by atoms with E-state index in [0.717, 1.165) is 27.9 Å². The van der Waals surface area contributed by atoms with Crippen molar-refractivity contribution in [1.29, 1.82) is 0 Å². The third-order valence-electron chi connectivity index (χ3n) is 7.36. The van der Waals surface area contributed by atoms with E-state index in [1.165, 1.54) is 19.3 Å². The zero-order valence-electron chi connectivity index (χ0n) is 21.9. The molecule has 37 heavy (non-hydrogen) atoms. The zero-order valence-corrected chi connectivity index (χ0v) is 22.7. The highest BCUT2D eigenvalue weighted by atomic mass is 32.2. The van der Waals surface area contributed by atoms with Crippen molar-refractivity contribution in [3.63, 3.8) is 0 Å². The number of carbonyl (C=O) groups is 1. The Bertz CT molecular complexity index is 1300. The number of aromatic nitrogens is 2. The second-order valence-corrected chi connectivity index (χ2v) is 11.4. The maximum atomic E-state index is 13.8. The van der Waals surface area contributed by atoms with Gasteiger partial charge in [-0.25, -0.2) is 4.98 Å². The van der Waals surface area contributed by atoms with Crippen molar-refractivity contribution in [2.75, 3.05) is 44.0 Å². The molecule has 1 aliphatic heterocycles. The van der Waals surface area contributed by atoms with E-state index in [1.54, 1.807) is 16.3 Å². The van der Waals surface area contributed by atoms with Crippen molar-refractivity contribution in [3.05, 3.63) is 76.2 Å². The van der Waals surface area contributed by atoms with Crippen LogP contribution in [0, 0.1) is 0 Å². The molecular formula is C29H35N5O2S. The molecule has 194 valence electrons. The van der Waals surface area contributed by atoms with Gasteiger partial charge in [-0.15, -0.1) is 0 Å². The molecule has 2 aromatic carbocycles. The molecule has 7 nitrogen and oxygen atoms in total. The first-order valence-electron chi connectivity index (χ1n) is 13.0. The van der Waals surface area contributed by atoms with Gasteiger partial charge in [-0.1, -0.05) is 36.4 Å². The molecule has 2 aliphatic rings. The van der Waals surface area contributed by atoms with E-state index in [2.05, 4.69) is 34.1 Å². The third-order valence-corrected chi connectivity index (χ3v) is 8.65. The van der Waals surface area contributed by atoms with Crippen LogP contribution in [0.4, 0.5) is 11.4 Å². The Hall–Kier alpha value is -3.26. The lowest BCUT2D eigenvalue weighted by molar-refractivity contribution is -0.131. The molecule has 5 rings (SSSR count). The monoisotopic (exact) mass is 517 g/mol. The lowest BCUT2D eigenvalue weighted by Crippen LogP contribution is -2.42. The number of para-hydroxylation sites is 1. The summed E-state index contributed by atoms with van der Waals surface area (Å²) in [5.41, 5.74) is 4.50. The molecule has 0 N–H and O–H groups in total. The van der Waals surface area contributed by atoms with E-state index in [1.807, 2.05) is 56.4 Å². The highest BCUT2D eigenvalue weighted by molar-refractivity contribution is 7.99. The van der Waals surface area contributed by atoms with Crippen LogP contribution in [0.3, 0.4) is 0 Å². The lowest BCUT2D eigenvalue weighted by atomic mass is 10.0. The summed E-state index contributed by atoms with van der Waals surface area (Å²) in [7, 11) is 6.05. The molecule has 1 aliphatic carbocycles. The summed E-state index contributed by atoms with van der Waals surface area (Å²) >= 11 is 1.72. The molecule has 0 bridgehead atoms.